The van der Waals surface area contributed by atoms with Gasteiger partial charge in [0.15, 0.2) is 0 Å². The van der Waals surface area contributed by atoms with Gasteiger partial charge in [-0.25, -0.2) is 5.43 Å². The van der Waals surface area contributed by atoms with E-state index < -0.39 is 0 Å². The number of carbonyl (C=O) groups excluding carboxylic acids is 2. The maximum absolute atomic E-state index is 12.3. The molecule has 1 aliphatic heterocycles. The first kappa shape index (κ1) is 14.4. The van der Waals surface area contributed by atoms with Crippen molar-refractivity contribution in [1.29, 1.82) is 0 Å². The molecule has 2 heterocycles. The van der Waals surface area contributed by atoms with Crippen LogP contribution >= 0.6 is 11.3 Å². The van der Waals surface area contributed by atoms with E-state index in [1.165, 1.54) is 11.3 Å². The number of aromatic nitrogens is 1. The smallest absolute Gasteiger partial charge is 0.245 e. The van der Waals surface area contributed by atoms with Gasteiger partial charge in [0, 0.05) is 26.1 Å². The molecule has 1 aromatic carbocycles. The molecule has 1 saturated carbocycles. The third kappa shape index (κ3) is 2.65. The van der Waals surface area contributed by atoms with Crippen LogP contribution in [0.15, 0.2) is 29.4 Å². The molecule has 2 fully saturated rings. The Labute approximate surface area is 137 Å². The van der Waals surface area contributed by atoms with E-state index in [0.717, 1.165) is 27.9 Å². The molecule has 1 N–H and O–H groups in total. The van der Waals surface area contributed by atoms with Crippen LogP contribution in [0.2, 0.25) is 0 Å². The average molecular weight is 330 g/mol. The summed E-state index contributed by atoms with van der Waals surface area (Å²) in [6.45, 7) is 0.531. The van der Waals surface area contributed by atoms with E-state index in [1.807, 2.05) is 40.8 Å². The van der Waals surface area contributed by atoms with Crippen LogP contribution in [0.25, 0.3) is 10.2 Å². The number of aryl methyl sites for hydroxylation is 1. The number of hydrogen-bond acceptors (Lipinski definition) is 4. The molecule has 1 aliphatic carbocycles. The van der Waals surface area contributed by atoms with Gasteiger partial charge in [-0.2, -0.15) is 0 Å². The van der Waals surface area contributed by atoms with Crippen molar-refractivity contribution < 1.29 is 9.59 Å². The lowest BCUT2D eigenvalue weighted by Crippen LogP contribution is -2.32. The first-order valence-corrected chi connectivity index (χ1v) is 8.63. The molecule has 1 atom stereocenters. The number of nitrogens with one attached hydrogen (secondary N) is 1. The van der Waals surface area contributed by atoms with Gasteiger partial charge in [-0.15, -0.1) is 5.10 Å². The van der Waals surface area contributed by atoms with Gasteiger partial charge in [-0.1, -0.05) is 23.5 Å². The van der Waals surface area contributed by atoms with Gasteiger partial charge in [0.05, 0.1) is 16.1 Å². The van der Waals surface area contributed by atoms with E-state index >= 15 is 0 Å². The Kier molecular flexibility index (Phi) is 3.45. The number of rotatable bonds is 3. The molecule has 0 unspecified atom stereocenters. The maximum Gasteiger partial charge on any atom is 0.245 e. The van der Waals surface area contributed by atoms with E-state index in [4.69, 9.17) is 0 Å². The summed E-state index contributed by atoms with van der Waals surface area (Å²) in [6, 6.07) is 8.39. The van der Waals surface area contributed by atoms with E-state index in [9.17, 15) is 9.59 Å². The Morgan fingerprint density at radius 3 is 2.87 bits per heavy atom. The Morgan fingerprint density at radius 2 is 2.13 bits per heavy atom. The minimum atomic E-state index is -0.286. The highest BCUT2D eigenvalue weighted by molar-refractivity contribution is 7.16. The van der Waals surface area contributed by atoms with Gasteiger partial charge in [0.1, 0.15) is 0 Å². The molecule has 2 aliphatic rings. The van der Waals surface area contributed by atoms with Crippen LogP contribution in [0.4, 0.5) is 0 Å². The third-order valence-electron chi connectivity index (χ3n) is 4.49. The number of para-hydroxylation sites is 1. The topological polar surface area (TPSA) is 66.7 Å². The zero-order valence-electron chi connectivity index (χ0n) is 12.9. The molecule has 4 rings (SSSR count). The summed E-state index contributed by atoms with van der Waals surface area (Å²) in [6.07, 6.45) is 2.44. The van der Waals surface area contributed by atoms with Crippen molar-refractivity contribution in [3.63, 3.8) is 0 Å². The van der Waals surface area contributed by atoms with Crippen LogP contribution < -0.4 is 10.2 Å². The molecule has 0 bridgehead atoms. The number of thiazole rings is 1. The Morgan fingerprint density at radius 1 is 1.35 bits per heavy atom. The second-order valence-corrected chi connectivity index (χ2v) is 7.19. The first-order valence-electron chi connectivity index (χ1n) is 7.81. The molecule has 0 radical (unpaired) electrons. The zero-order valence-corrected chi connectivity index (χ0v) is 13.7. The van der Waals surface area contributed by atoms with Crippen LogP contribution in [0, 0.1) is 5.92 Å². The predicted octanol–water partition coefficient (Wildman–Crippen LogP) is 1.18. The molecular formula is C16H18N4O2S. The standard InChI is InChI=1S/C16H18N4O2S/c1-19-12-4-2-3-5-13(12)23-16(19)18-17-15(22)10-8-14(21)20(9-10)11-6-7-11/h2-5,10-11H,6-9H2,1H3,(H,17,22)/t10-/m0/s1. The number of benzene rings is 1. The van der Waals surface area contributed by atoms with Crippen molar-refractivity contribution in [1.82, 2.24) is 14.9 Å². The summed E-state index contributed by atoms with van der Waals surface area (Å²) in [5, 5.41) is 4.25. The molecule has 120 valence electrons. The second-order valence-electron chi connectivity index (χ2n) is 6.18. The molecule has 7 heteroatoms. The lowest BCUT2D eigenvalue weighted by Gasteiger charge is -2.14. The van der Waals surface area contributed by atoms with Gasteiger partial charge in [-0.05, 0) is 25.0 Å². The third-order valence-corrected chi connectivity index (χ3v) is 5.61. The van der Waals surface area contributed by atoms with Gasteiger partial charge in [0.2, 0.25) is 16.6 Å². The SMILES string of the molecule is Cn1c(=NNC(=O)[C@H]2CC(=O)N(C3CC3)C2)sc2ccccc21. The largest absolute Gasteiger partial charge is 0.339 e. The summed E-state index contributed by atoms with van der Waals surface area (Å²) in [7, 11) is 1.93. The van der Waals surface area contributed by atoms with Crippen molar-refractivity contribution >= 4 is 33.4 Å². The lowest BCUT2D eigenvalue weighted by molar-refractivity contribution is -0.129. The fourth-order valence-electron chi connectivity index (χ4n) is 3.03. The number of likely N-dealkylation sites (tertiary alicyclic amines) is 1. The minimum absolute atomic E-state index is 0.0973. The highest BCUT2D eigenvalue weighted by Crippen LogP contribution is 2.32. The van der Waals surface area contributed by atoms with E-state index in [0.29, 0.717) is 19.0 Å². The second kappa shape index (κ2) is 5.49. The number of carbonyl (C=O) groups is 2. The van der Waals surface area contributed by atoms with Crippen molar-refractivity contribution in [2.24, 2.45) is 18.1 Å². The minimum Gasteiger partial charge on any atom is -0.339 e. The molecular weight excluding hydrogens is 312 g/mol. The Balaban J connectivity index is 1.50. The zero-order chi connectivity index (χ0) is 16.0. The van der Waals surface area contributed by atoms with Crippen molar-refractivity contribution in [2.75, 3.05) is 6.54 Å². The summed E-state index contributed by atoms with van der Waals surface area (Å²) in [5.41, 5.74) is 3.72. The molecule has 1 saturated heterocycles. The number of nitrogens with zero attached hydrogens (tertiary/aromatic N) is 3. The Bertz CT molecular complexity index is 849. The van der Waals surface area contributed by atoms with Gasteiger partial charge in [-0.3, -0.25) is 9.59 Å². The average Bonchev–Trinajstić information content (AvgIpc) is 3.25. The van der Waals surface area contributed by atoms with Crippen LogP contribution in [0.5, 0.6) is 0 Å². The number of fused-ring (bicyclic) bond motifs is 1. The van der Waals surface area contributed by atoms with Crippen molar-refractivity contribution in [3.05, 3.63) is 29.1 Å². The molecule has 23 heavy (non-hydrogen) atoms. The first-order chi connectivity index (χ1) is 11.1. The highest BCUT2D eigenvalue weighted by Gasteiger charge is 2.41. The molecule has 2 amide bonds. The lowest BCUT2D eigenvalue weighted by atomic mass is 10.1. The molecule has 2 aromatic rings. The van der Waals surface area contributed by atoms with E-state index in [2.05, 4.69) is 10.5 Å². The molecule has 1 aromatic heterocycles. The number of hydrogen-bond donors (Lipinski definition) is 1. The van der Waals surface area contributed by atoms with Crippen LogP contribution in [-0.2, 0) is 16.6 Å². The summed E-state index contributed by atoms with van der Waals surface area (Å²) in [5.74, 6) is -0.356. The van der Waals surface area contributed by atoms with Crippen molar-refractivity contribution in [2.45, 2.75) is 25.3 Å². The fourth-order valence-corrected chi connectivity index (χ4v) is 4.01. The van der Waals surface area contributed by atoms with Crippen LogP contribution in [0.3, 0.4) is 0 Å². The van der Waals surface area contributed by atoms with Crippen LogP contribution in [0.1, 0.15) is 19.3 Å². The Hall–Kier alpha value is -2.15. The monoisotopic (exact) mass is 330 g/mol. The number of amides is 2. The summed E-state index contributed by atoms with van der Waals surface area (Å²) < 4.78 is 3.08. The summed E-state index contributed by atoms with van der Waals surface area (Å²) >= 11 is 1.53. The molecule has 6 nitrogen and oxygen atoms in total. The molecule has 0 spiro atoms. The van der Waals surface area contributed by atoms with E-state index in [1.54, 1.807) is 0 Å². The van der Waals surface area contributed by atoms with Crippen molar-refractivity contribution in [3.8, 4) is 0 Å². The highest BCUT2D eigenvalue weighted by atomic mass is 32.1. The summed E-state index contributed by atoms with van der Waals surface area (Å²) in [4.78, 5) is 26.8. The maximum atomic E-state index is 12.3. The van der Waals surface area contributed by atoms with Gasteiger partial charge >= 0.3 is 0 Å². The predicted molar refractivity (Wildman–Crippen MR) is 87.3 cm³/mol. The van der Waals surface area contributed by atoms with E-state index in [-0.39, 0.29) is 17.7 Å². The normalized spacial score (nSPS) is 22.1. The van der Waals surface area contributed by atoms with Gasteiger partial charge < -0.3 is 9.47 Å². The van der Waals surface area contributed by atoms with Crippen LogP contribution in [-0.4, -0.2) is 33.9 Å². The quantitative estimate of drug-likeness (QED) is 0.859. The fraction of sp³-hybridized carbons (Fsp3) is 0.438. The van der Waals surface area contributed by atoms with Gasteiger partial charge in [0.25, 0.3) is 0 Å².